The second kappa shape index (κ2) is 6.72. The maximum atomic E-state index is 12.9. The fourth-order valence-corrected chi connectivity index (χ4v) is 5.29. The lowest BCUT2D eigenvalue weighted by molar-refractivity contribution is 0.0734. The van der Waals surface area contributed by atoms with Crippen LogP contribution in [0.25, 0.3) is 0 Å². The van der Waals surface area contributed by atoms with Crippen molar-refractivity contribution >= 4 is 21.6 Å². The topological polar surface area (TPSA) is 79.4 Å². The van der Waals surface area contributed by atoms with Crippen molar-refractivity contribution < 1.29 is 13.2 Å². The highest BCUT2D eigenvalue weighted by Crippen LogP contribution is 2.22. The van der Waals surface area contributed by atoms with Gasteiger partial charge in [-0.1, -0.05) is 24.3 Å². The highest BCUT2D eigenvalue weighted by molar-refractivity contribution is 7.91. The van der Waals surface area contributed by atoms with E-state index in [2.05, 4.69) is 22.4 Å². The smallest absolute Gasteiger partial charge is 0.254 e. The number of fused-ring (bicyclic) bond motifs is 1. The standard InChI is InChI=1S/C19H21N3O3S/c23-19(22-9-6-14-3-1-2-4-16(14)12-22)15-5-8-20-18(11-15)21-17-7-10-26(24,25)13-17/h1-5,8,11,17H,6-7,9-10,12-13H2,(H,20,21). The van der Waals surface area contributed by atoms with Gasteiger partial charge in [0, 0.05) is 30.9 Å². The van der Waals surface area contributed by atoms with Crippen molar-refractivity contribution in [2.45, 2.75) is 25.4 Å². The first-order valence-corrected chi connectivity index (χ1v) is 10.6. The van der Waals surface area contributed by atoms with Crippen LogP contribution < -0.4 is 5.32 Å². The predicted octanol–water partition coefficient (Wildman–Crippen LogP) is 1.88. The molecule has 1 atom stereocenters. The van der Waals surface area contributed by atoms with E-state index in [1.807, 2.05) is 17.0 Å². The number of rotatable bonds is 3. The molecule has 1 unspecified atom stereocenters. The number of aromatic nitrogens is 1. The van der Waals surface area contributed by atoms with Crippen LogP contribution in [0.1, 0.15) is 27.9 Å². The summed E-state index contributed by atoms with van der Waals surface area (Å²) in [7, 11) is -2.95. The van der Waals surface area contributed by atoms with Gasteiger partial charge in [-0.05, 0) is 36.1 Å². The van der Waals surface area contributed by atoms with Gasteiger partial charge in [0.2, 0.25) is 0 Å². The molecule has 0 aliphatic carbocycles. The summed E-state index contributed by atoms with van der Waals surface area (Å²) in [5, 5.41) is 3.15. The number of nitrogens with zero attached hydrogens (tertiary/aromatic N) is 2. The maximum Gasteiger partial charge on any atom is 0.254 e. The molecule has 1 aromatic heterocycles. The Morgan fingerprint density at radius 1 is 1.19 bits per heavy atom. The first-order chi connectivity index (χ1) is 12.5. The number of amides is 1. The molecule has 136 valence electrons. The number of carbonyl (C=O) groups excluding carboxylic acids is 1. The van der Waals surface area contributed by atoms with Crippen molar-refractivity contribution in [2.24, 2.45) is 0 Å². The zero-order valence-corrected chi connectivity index (χ0v) is 15.2. The largest absolute Gasteiger partial charge is 0.366 e. The molecule has 6 nitrogen and oxygen atoms in total. The van der Waals surface area contributed by atoms with Gasteiger partial charge >= 0.3 is 0 Å². The fraction of sp³-hybridized carbons (Fsp3) is 0.368. The lowest BCUT2D eigenvalue weighted by Gasteiger charge is -2.29. The maximum absolute atomic E-state index is 12.9. The van der Waals surface area contributed by atoms with Gasteiger partial charge in [0.25, 0.3) is 5.91 Å². The van der Waals surface area contributed by atoms with Crippen molar-refractivity contribution in [1.29, 1.82) is 0 Å². The van der Waals surface area contributed by atoms with Crippen LogP contribution in [0.3, 0.4) is 0 Å². The Morgan fingerprint density at radius 2 is 2.00 bits per heavy atom. The zero-order valence-electron chi connectivity index (χ0n) is 14.4. The minimum Gasteiger partial charge on any atom is -0.366 e. The molecule has 26 heavy (non-hydrogen) atoms. The minimum absolute atomic E-state index is 0.0241. The molecule has 0 bridgehead atoms. The number of benzene rings is 1. The average Bonchev–Trinajstić information content (AvgIpc) is 2.99. The quantitative estimate of drug-likeness (QED) is 0.891. The van der Waals surface area contributed by atoms with Crippen molar-refractivity contribution in [3.63, 3.8) is 0 Å². The average molecular weight is 371 g/mol. The van der Waals surface area contributed by atoms with Crippen molar-refractivity contribution in [1.82, 2.24) is 9.88 Å². The minimum atomic E-state index is -2.95. The van der Waals surface area contributed by atoms with Gasteiger partial charge in [-0.15, -0.1) is 0 Å². The molecule has 0 spiro atoms. The first kappa shape index (κ1) is 17.0. The molecular formula is C19H21N3O3S. The molecule has 1 N–H and O–H groups in total. The fourth-order valence-electron chi connectivity index (χ4n) is 3.61. The zero-order chi connectivity index (χ0) is 18.1. The molecule has 1 aromatic carbocycles. The number of carbonyl (C=O) groups is 1. The highest BCUT2D eigenvalue weighted by atomic mass is 32.2. The summed E-state index contributed by atoms with van der Waals surface area (Å²) >= 11 is 0. The van der Waals surface area contributed by atoms with Crippen LogP contribution in [-0.2, 0) is 22.8 Å². The molecule has 1 amide bonds. The second-order valence-electron chi connectivity index (χ2n) is 6.92. The van der Waals surface area contributed by atoms with E-state index in [9.17, 15) is 13.2 Å². The summed E-state index contributed by atoms with van der Waals surface area (Å²) in [5.41, 5.74) is 3.06. The molecule has 2 aromatic rings. The second-order valence-corrected chi connectivity index (χ2v) is 9.15. The third kappa shape index (κ3) is 3.58. The summed E-state index contributed by atoms with van der Waals surface area (Å²) in [4.78, 5) is 19.0. The Morgan fingerprint density at radius 3 is 2.77 bits per heavy atom. The van der Waals surface area contributed by atoms with Gasteiger partial charge in [-0.2, -0.15) is 0 Å². The van der Waals surface area contributed by atoms with Gasteiger partial charge in [0.05, 0.1) is 11.5 Å². The van der Waals surface area contributed by atoms with Crippen LogP contribution >= 0.6 is 0 Å². The number of anilines is 1. The summed E-state index contributed by atoms with van der Waals surface area (Å²) in [6.07, 6.45) is 3.03. The Balaban J connectivity index is 1.47. The third-order valence-electron chi connectivity index (χ3n) is 5.01. The predicted molar refractivity (Wildman–Crippen MR) is 99.8 cm³/mol. The number of hydrogen-bond donors (Lipinski definition) is 1. The van der Waals surface area contributed by atoms with Crippen LogP contribution in [0, 0.1) is 0 Å². The Hall–Kier alpha value is -2.41. The van der Waals surface area contributed by atoms with E-state index in [-0.39, 0.29) is 23.5 Å². The Labute approximate surface area is 153 Å². The summed E-state index contributed by atoms with van der Waals surface area (Å²) in [6.45, 7) is 1.31. The first-order valence-electron chi connectivity index (χ1n) is 8.79. The lowest BCUT2D eigenvalue weighted by Crippen LogP contribution is -2.36. The van der Waals surface area contributed by atoms with Gasteiger partial charge in [0.15, 0.2) is 9.84 Å². The van der Waals surface area contributed by atoms with Crippen LogP contribution in [0.2, 0.25) is 0 Å². The van der Waals surface area contributed by atoms with Gasteiger partial charge in [0.1, 0.15) is 5.82 Å². The van der Waals surface area contributed by atoms with Crippen molar-refractivity contribution in [3.8, 4) is 0 Å². The number of hydrogen-bond acceptors (Lipinski definition) is 5. The summed E-state index contributed by atoms with van der Waals surface area (Å²) in [5.74, 6) is 0.853. The molecule has 3 heterocycles. The SMILES string of the molecule is O=C(c1ccnc(NC2CCS(=O)(=O)C2)c1)N1CCc2ccccc2C1. The van der Waals surface area contributed by atoms with Crippen LogP contribution in [0.5, 0.6) is 0 Å². The molecule has 1 fully saturated rings. The van der Waals surface area contributed by atoms with E-state index in [1.165, 1.54) is 11.1 Å². The number of nitrogens with one attached hydrogen (secondary N) is 1. The van der Waals surface area contributed by atoms with Crippen molar-refractivity contribution in [3.05, 3.63) is 59.3 Å². The molecule has 0 saturated carbocycles. The molecule has 4 rings (SSSR count). The van der Waals surface area contributed by atoms with E-state index >= 15 is 0 Å². The molecule has 2 aliphatic rings. The van der Waals surface area contributed by atoms with E-state index < -0.39 is 9.84 Å². The molecule has 2 aliphatic heterocycles. The van der Waals surface area contributed by atoms with E-state index in [0.717, 1.165) is 6.42 Å². The van der Waals surface area contributed by atoms with E-state index in [1.54, 1.807) is 18.3 Å². The third-order valence-corrected chi connectivity index (χ3v) is 6.78. The molecule has 1 saturated heterocycles. The number of pyridine rings is 1. The Bertz CT molecular complexity index is 943. The Kier molecular flexibility index (Phi) is 4.40. The normalized spacial score (nSPS) is 21.2. The van der Waals surface area contributed by atoms with Crippen LogP contribution in [0.4, 0.5) is 5.82 Å². The van der Waals surface area contributed by atoms with E-state index in [0.29, 0.717) is 30.9 Å². The lowest BCUT2D eigenvalue weighted by atomic mass is 9.99. The van der Waals surface area contributed by atoms with Crippen molar-refractivity contribution in [2.75, 3.05) is 23.4 Å². The van der Waals surface area contributed by atoms with E-state index in [4.69, 9.17) is 0 Å². The van der Waals surface area contributed by atoms with Crippen LogP contribution in [-0.4, -0.2) is 48.3 Å². The molecule has 7 heteroatoms. The van der Waals surface area contributed by atoms with Gasteiger partial charge < -0.3 is 10.2 Å². The summed E-state index contributed by atoms with van der Waals surface area (Å²) in [6, 6.07) is 11.5. The monoisotopic (exact) mass is 371 g/mol. The van der Waals surface area contributed by atoms with Gasteiger partial charge in [-0.25, -0.2) is 13.4 Å². The van der Waals surface area contributed by atoms with Crippen LogP contribution in [0.15, 0.2) is 42.6 Å². The molecular weight excluding hydrogens is 350 g/mol. The molecule has 0 radical (unpaired) electrons. The number of sulfone groups is 1. The van der Waals surface area contributed by atoms with Gasteiger partial charge in [-0.3, -0.25) is 4.79 Å². The highest BCUT2D eigenvalue weighted by Gasteiger charge is 2.28. The summed E-state index contributed by atoms with van der Waals surface area (Å²) < 4.78 is 23.2.